The number of fused-ring (bicyclic) bond motifs is 1. The molecule has 0 spiro atoms. The third-order valence-electron chi connectivity index (χ3n) is 4.14. The van der Waals surface area contributed by atoms with Gasteiger partial charge in [-0.3, -0.25) is 0 Å². The minimum atomic E-state index is -0.391. The van der Waals surface area contributed by atoms with Gasteiger partial charge in [0.1, 0.15) is 5.82 Å². The van der Waals surface area contributed by atoms with Gasteiger partial charge in [-0.25, -0.2) is 9.78 Å². The number of imidazole rings is 1. The van der Waals surface area contributed by atoms with Crippen molar-refractivity contribution in [2.45, 2.75) is 18.8 Å². The average molecular weight is 308 g/mol. The van der Waals surface area contributed by atoms with Crippen molar-refractivity contribution in [3.8, 4) is 0 Å². The van der Waals surface area contributed by atoms with Crippen LogP contribution in [0.4, 0.5) is 0 Å². The van der Waals surface area contributed by atoms with Crippen molar-refractivity contribution in [3.63, 3.8) is 0 Å². The number of likely N-dealkylation sites (tertiary alicyclic amines) is 1. The molecular weight excluding hydrogens is 290 g/mol. The zero-order valence-corrected chi connectivity index (χ0v) is 12.9. The summed E-state index contributed by atoms with van der Waals surface area (Å²) in [4.78, 5) is 18.7. The molecule has 2 aromatic rings. The molecular formula is C15H18ClN3O2. The molecule has 1 aliphatic rings. The van der Waals surface area contributed by atoms with Gasteiger partial charge in [-0.15, -0.1) is 0 Å². The summed E-state index contributed by atoms with van der Waals surface area (Å²) in [5.74, 6) is 0.917. The molecule has 0 aromatic carbocycles. The standard InChI is InChI=1S/C15H18ClN3O2/c1-18-8-5-10(6-9-18)14-17-13(16)12-11(15(20)21-2)4-3-7-19(12)14/h3-4,7,10H,5-6,8-9H2,1-2H3. The molecule has 3 rings (SSSR count). The van der Waals surface area contributed by atoms with E-state index in [-0.39, 0.29) is 0 Å². The highest BCUT2D eigenvalue weighted by molar-refractivity contribution is 6.33. The predicted molar refractivity (Wildman–Crippen MR) is 81.0 cm³/mol. The molecule has 0 amide bonds. The Morgan fingerprint density at radius 3 is 2.81 bits per heavy atom. The number of carbonyl (C=O) groups is 1. The number of ether oxygens (including phenoxy) is 1. The third kappa shape index (κ3) is 2.51. The van der Waals surface area contributed by atoms with Gasteiger partial charge >= 0.3 is 5.97 Å². The molecule has 0 radical (unpaired) electrons. The highest BCUT2D eigenvalue weighted by atomic mass is 35.5. The van der Waals surface area contributed by atoms with Crippen molar-refractivity contribution in [2.75, 3.05) is 27.2 Å². The number of pyridine rings is 1. The van der Waals surface area contributed by atoms with Gasteiger partial charge in [0.15, 0.2) is 5.15 Å². The zero-order chi connectivity index (χ0) is 15.0. The van der Waals surface area contributed by atoms with Crippen LogP contribution in [0.3, 0.4) is 0 Å². The van der Waals surface area contributed by atoms with Gasteiger partial charge in [-0.2, -0.15) is 0 Å². The van der Waals surface area contributed by atoms with Gasteiger partial charge in [0.05, 0.1) is 18.2 Å². The van der Waals surface area contributed by atoms with Gasteiger partial charge in [0, 0.05) is 12.1 Å². The fourth-order valence-corrected chi connectivity index (χ4v) is 3.23. The van der Waals surface area contributed by atoms with Crippen molar-refractivity contribution in [1.82, 2.24) is 14.3 Å². The quantitative estimate of drug-likeness (QED) is 0.800. The number of aromatic nitrogens is 2. The van der Waals surface area contributed by atoms with Crippen LogP contribution in [0.25, 0.3) is 5.52 Å². The minimum absolute atomic E-state index is 0.366. The number of hydrogen-bond acceptors (Lipinski definition) is 4. The maximum absolute atomic E-state index is 11.9. The van der Waals surface area contributed by atoms with Gasteiger partial charge in [-0.1, -0.05) is 11.6 Å². The second kappa shape index (κ2) is 5.66. The second-order valence-corrected chi connectivity index (χ2v) is 5.83. The average Bonchev–Trinajstić information content (AvgIpc) is 2.85. The summed E-state index contributed by atoms with van der Waals surface area (Å²) in [7, 11) is 3.50. The van der Waals surface area contributed by atoms with Gasteiger partial charge in [0.25, 0.3) is 0 Å². The number of carbonyl (C=O) groups excluding carboxylic acids is 1. The largest absolute Gasteiger partial charge is 0.465 e. The maximum atomic E-state index is 11.9. The molecule has 6 heteroatoms. The lowest BCUT2D eigenvalue weighted by atomic mass is 9.96. The molecule has 0 saturated carbocycles. The first-order chi connectivity index (χ1) is 10.1. The minimum Gasteiger partial charge on any atom is -0.465 e. The summed E-state index contributed by atoms with van der Waals surface area (Å²) in [6.07, 6.45) is 4.01. The lowest BCUT2D eigenvalue weighted by molar-refractivity contribution is 0.0602. The van der Waals surface area contributed by atoms with Crippen molar-refractivity contribution in [2.24, 2.45) is 0 Å². The lowest BCUT2D eigenvalue weighted by Crippen LogP contribution is -2.29. The molecule has 21 heavy (non-hydrogen) atoms. The maximum Gasteiger partial charge on any atom is 0.340 e. The molecule has 0 aliphatic carbocycles. The van der Waals surface area contributed by atoms with E-state index in [9.17, 15) is 4.79 Å². The van der Waals surface area contributed by atoms with E-state index in [1.165, 1.54) is 7.11 Å². The molecule has 0 atom stereocenters. The monoisotopic (exact) mass is 307 g/mol. The van der Waals surface area contributed by atoms with Crippen molar-refractivity contribution >= 4 is 23.1 Å². The topological polar surface area (TPSA) is 46.8 Å². The summed E-state index contributed by atoms with van der Waals surface area (Å²) < 4.78 is 6.76. The Kier molecular flexibility index (Phi) is 3.87. The summed E-state index contributed by atoms with van der Waals surface area (Å²) in [6, 6.07) is 3.54. The molecule has 112 valence electrons. The van der Waals surface area contributed by atoms with E-state index in [1.807, 2.05) is 16.7 Å². The Bertz CT molecular complexity index is 675. The predicted octanol–water partition coefficient (Wildman–Crippen LogP) is 2.58. The fourth-order valence-electron chi connectivity index (χ4n) is 2.95. The van der Waals surface area contributed by atoms with Crippen molar-refractivity contribution in [1.29, 1.82) is 0 Å². The lowest BCUT2D eigenvalue weighted by Gasteiger charge is -2.28. The Morgan fingerprint density at radius 2 is 2.14 bits per heavy atom. The number of methoxy groups -OCH3 is 1. The first-order valence-corrected chi connectivity index (χ1v) is 7.43. The first kappa shape index (κ1) is 14.4. The second-order valence-electron chi connectivity index (χ2n) is 5.47. The normalized spacial score (nSPS) is 17.3. The van der Waals surface area contributed by atoms with Crippen LogP contribution in [-0.2, 0) is 4.74 Å². The van der Waals surface area contributed by atoms with Crippen LogP contribution >= 0.6 is 11.6 Å². The first-order valence-electron chi connectivity index (χ1n) is 7.05. The number of nitrogens with zero attached hydrogens (tertiary/aromatic N) is 3. The fraction of sp³-hybridized carbons (Fsp3) is 0.467. The number of piperidine rings is 1. The molecule has 0 bridgehead atoms. The van der Waals surface area contributed by atoms with E-state index < -0.39 is 5.97 Å². The van der Waals surface area contributed by atoms with E-state index >= 15 is 0 Å². The number of rotatable bonds is 2. The summed E-state index contributed by atoms with van der Waals surface area (Å²) >= 11 is 6.28. The van der Waals surface area contributed by atoms with Crippen LogP contribution < -0.4 is 0 Å². The number of halogens is 1. The Hall–Kier alpha value is -1.59. The van der Waals surface area contributed by atoms with Gasteiger partial charge < -0.3 is 14.0 Å². The smallest absolute Gasteiger partial charge is 0.340 e. The molecule has 1 aliphatic heterocycles. The highest BCUT2D eigenvalue weighted by Crippen LogP contribution is 2.31. The van der Waals surface area contributed by atoms with E-state index in [0.29, 0.717) is 22.2 Å². The Morgan fingerprint density at radius 1 is 1.43 bits per heavy atom. The van der Waals surface area contributed by atoms with Gasteiger partial charge in [0.2, 0.25) is 0 Å². The Labute approximate surface area is 128 Å². The summed E-state index contributed by atoms with van der Waals surface area (Å²) in [6.45, 7) is 2.10. The third-order valence-corrected chi connectivity index (χ3v) is 4.40. The molecule has 2 aromatic heterocycles. The van der Waals surface area contributed by atoms with E-state index in [4.69, 9.17) is 16.3 Å². The zero-order valence-electron chi connectivity index (χ0n) is 12.2. The van der Waals surface area contributed by atoms with E-state index in [0.717, 1.165) is 31.8 Å². The molecule has 3 heterocycles. The summed E-state index contributed by atoms with van der Waals surface area (Å²) in [5, 5.41) is 0.366. The van der Waals surface area contributed by atoms with Gasteiger partial charge in [-0.05, 0) is 45.1 Å². The SMILES string of the molecule is COC(=O)c1cccn2c(C3CCN(C)CC3)nc(Cl)c12. The number of esters is 1. The molecule has 1 fully saturated rings. The van der Waals surface area contributed by atoms with Crippen LogP contribution in [0.2, 0.25) is 5.15 Å². The van der Waals surface area contributed by atoms with Crippen LogP contribution in [0.5, 0.6) is 0 Å². The molecule has 0 N–H and O–H groups in total. The molecule has 5 nitrogen and oxygen atoms in total. The van der Waals surface area contributed by atoms with Crippen LogP contribution in [0.1, 0.15) is 34.9 Å². The van der Waals surface area contributed by atoms with E-state index in [2.05, 4.69) is 16.9 Å². The highest BCUT2D eigenvalue weighted by Gasteiger charge is 2.25. The van der Waals surface area contributed by atoms with Crippen molar-refractivity contribution in [3.05, 3.63) is 34.9 Å². The number of hydrogen-bond donors (Lipinski definition) is 0. The molecule has 0 unspecified atom stereocenters. The van der Waals surface area contributed by atoms with E-state index in [1.54, 1.807) is 6.07 Å². The van der Waals surface area contributed by atoms with Crippen LogP contribution in [0.15, 0.2) is 18.3 Å². The summed E-state index contributed by atoms with van der Waals surface area (Å²) in [5.41, 5.74) is 1.09. The van der Waals surface area contributed by atoms with Crippen LogP contribution in [0, 0.1) is 0 Å². The molecule has 1 saturated heterocycles. The van der Waals surface area contributed by atoms with Crippen molar-refractivity contribution < 1.29 is 9.53 Å². The Balaban J connectivity index is 2.07. The van der Waals surface area contributed by atoms with Crippen LogP contribution in [-0.4, -0.2) is 47.5 Å².